The first-order valence-corrected chi connectivity index (χ1v) is 9.75. The first-order chi connectivity index (χ1) is 13.9. The van der Waals surface area contributed by atoms with Crippen molar-refractivity contribution in [2.24, 2.45) is 5.92 Å². The highest BCUT2D eigenvalue weighted by atomic mass is 16.2. The minimum atomic E-state index is -0.564. The highest BCUT2D eigenvalue weighted by Crippen LogP contribution is 2.12. The fraction of sp³-hybridized carbons (Fsp3) is 0.364. The number of rotatable bonds is 7. The van der Waals surface area contributed by atoms with Gasteiger partial charge >= 0.3 is 11.8 Å². The molecular formula is C22H26N4O3. The van der Waals surface area contributed by atoms with E-state index in [9.17, 15) is 14.4 Å². The van der Waals surface area contributed by atoms with E-state index in [2.05, 4.69) is 10.3 Å². The van der Waals surface area contributed by atoms with Gasteiger partial charge in [0.25, 0.3) is 0 Å². The molecule has 0 spiro atoms. The lowest BCUT2D eigenvalue weighted by atomic mass is 10.1. The minimum Gasteiger partial charge on any atom is -0.352 e. The molecule has 1 aromatic carbocycles. The van der Waals surface area contributed by atoms with Gasteiger partial charge < -0.3 is 15.1 Å². The Morgan fingerprint density at radius 1 is 1.07 bits per heavy atom. The first-order valence-electron chi connectivity index (χ1n) is 9.75. The van der Waals surface area contributed by atoms with Crippen LogP contribution in [0.2, 0.25) is 0 Å². The minimum absolute atomic E-state index is 0.137. The molecule has 3 rings (SSSR count). The fourth-order valence-corrected chi connectivity index (χ4v) is 3.21. The van der Waals surface area contributed by atoms with Gasteiger partial charge in [-0.1, -0.05) is 42.8 Å². The lowest BCUT2D eigenvalue weighted by molar-refractivity contribution is -0.157. The summed E-state index contributed by atoms with van der Waals surface area (Å²) in [6.07, 6.45) is 1.66. The van der Waals surface area contributed by atoms with Crippen LogP contribution in [-0.2, 0) is 27.5 Å². The van der Waals surface area contributed by atoms with Crippen LogP contribution in [-0.4, -0.2) is 52.1 Å². The average Bonchev–Trinajstić information content (AvgIpc) is 2.73. The topological polar surface area (TPSA) is 82.6 Å². The maximum atomic E-state index is 12.5. The van der Waals surface area contributed by atoms with E-state index in [4.69, 9.17) is 0 Å². The van der Waals surface area contributed by atoms with Crippen LogP contribution in [0, 0.1) is 12.8 Å². The van der Waals surface area contributed by atoms with Crippen LogP contribution in [0.5, 0.6) is 0 Å². The van der Waals surface area contributed by atoms with E-state index in [-0.39, 0.29) is 12.5 Å². The largest absolute Gasteiger partial charge is 0.352 e. The fourth-order valence-electron chi connectivity index (χ4n) is 3.21. The third kappa shape index (κ3) is 5.40. The standard InChI is InChI=1S/C22H26N4O3/c1-16-6-8-18(9-7-16)13-24-20(27)17(2)14-25-11-12-26(22(29)21(25)28)15-19-5-3-4-10-23-19/h3-10,17H,11-15H2,1-2H3,(H,24,27)/t17-/m1/s1. The van der Waals surface area contributed by atoms with Crippen LogP contribution in [0.15, 0.2) is 48.7 Å². The summed E-state index contributed by atoms with van der Waals surface area (Å²) < 4.78 is 0. The van der Waals surface area contributed by atoms with Crippen molar-refractivity contribution in [2.45, 2.75) is 26.9 Å². The predicted molar refractivity (Wildman–Crippen MR) is 108 cm³/mol. The summed E-state index contributed by atoms with van der Waals surface area (Å²) in [5.74, 6) is -1.65. The van der Waals surface area contributed by atoms with Crippen molar-refractivity contribution in [2.75, 3.05) is 19.6 Å². The Morgan fingerprint density at radius 2 is 1.76 bits per heavy atom. The summed E-state index contributed by atoms with van der Waals surface area (Å²) in [6, 6.07) is 13.4. The monoisotopic (exact) mass is 394 g/mol. The Kier molecular flexibility index (Phi) is 6.59. The number of hydrogen-bond acceptors (Lipinski definition) is 4. The molecule has 0 radical (unpaired) electrons. The van der Waals surface area contributed by atoms with Crippen molar-refractivity contribution in [3.05, 3.63) is 65.5 Å². The number of pyridine rings is 1. The third-order valence-electron chi connectivity index (χ3n) is 5.01. The van der Waals surface area contributed by atoms with Gasteiger partial charge in [-0.25, -0.2) is 0 Å². The lowest BCUT2D eigenvalue weighted by Crippen LogP contribution is -2.55. The van der Waals surface area contributed by atoms with Crippen LogP contribution in [0.4, 0.5) is 0 Å². The van der Waals surface area contributed by atoms with Gasteiger partial charge in [0.15, 0.2) is 0 Å². The van der Waals surface area contributed by atoms with Crippen LogP contribution < -0.4 is 5.32 Å². The smallest absolute Gasteiger partial charge is 0.312 e. The molecule has 2 heterocycles. The molecular weight excluding hydrogens is 368 g/mol. The molecule has 2 aromatic rings. The molecule has 3 amide bonds. The molecule has 1 atom stereocenters. The highest BCUT2D eigenvalue weighted by Gasteiger charge is 2.34. The van der Waals surface area contributed by atoms with Crippen molar-refractivity contribution in [3.63, 3.8) is 0 Å². The number of benzene rings is 1. The Hall–Kier alpha value is -3.22. The van der Waals surface area contributed by atoms with Gasteiger partial charge in [-0.2, -0.15) is 0 Å². The van der Waals surface area contributed by atoms with Crippen molar-refractivity contribution in [3.8, 4) is 0 Å². The molecule has 0 unspecified atom stereocenters. The molecule has 7 heteroatoms. The second-order valence-electron chi connectivity index (χ2n) is 7.40. The summed E-state index contributed by atoms with van der Waals surface area (Å²) >= 11 is 0. The summed E-state index contributed by atoms with van der Waals surface area (Å²) in [6.45, 7) is 5.59. The van der Waals surface area contributed by atoms with Crippen LogP contribution >= 0.6 is 0 Å². The molecule has 1 N–H and O–H groups in total. The zero-order valence-electron chi connectivity index (χ0n) is 16.8. The number of nitrogens with one attached hydrogen (secondary N) is 1. The maximum Gasteiger partial charge on any atom is 0.312 e. The van der Waals surface area contributed by atoms with Crippen LogP contribution in [0.3, 0.4) is 0 Å². The van der Waals surface area contributed by atoms with Crippen LogP contribution in [0.1, 0.15) is 23.7 Å². The average molecular weight is 394 g/mol. The van der Waals surface area contributed by atoms with E-state index in [1.807, 2.05) is 43.3 Å². The van der Waals surface area contributed by atoms with Crippen molar-refractivity contribution in [1.29, 1.82) is 0 Å². The summed E-state index contributed by atoms with van der Waals surface area (Å²) in [5, 5.41) is 2.89. The van der Waals surface area contributed by atoms with Crippen molar-refractivity contribution < 1.29 is 14.4 Å². The molecule has 0 bridgehead atoms. The normalized spacial score (nSPS) is 15.4. The van der Waals surface area contributed by atoms with Gasteiger partial charge in [0.1, 0.15) is 0 Å². The molecule has 0 saturated carbocycles. The second kappa shape index (κ2) is 9.32. The van der Waals surface area contributed by atoms with E-state index >= 15 is 0 Å². The Labute approximate surface area is 170 Å². The second-order valence-corrected chi connectivity index (χ2v) is 7.40. The van der Waals surface area contributed by atoms with E-state index in [1.54, 1.807) is 19.2 Å². The number of aromatic nitrogens is 1. The number of amides is 3. The Bertz CT molecular complexity index is 867. The molecule has 0 aliphatic carbocycles. The molecule has 1 saturated heterocycles. The van der Waals surface area contributed by atoms with E-state index in [1.165, 1.54) is 15.4 Å². The van der Waals surface area contributed by atoms with Gasteiger partial charge in [-0.3, -0.25) is 19.4 Å². The van der Waals surface area contributed by atoms with E-state index in [0.29, 0.717) is 26.2 Å². The number of hydrogen-bond donors (Lipinski definition) is 1. The van der Waals surface area contributed by atoms with E-state index in [0.717, 1.165) is 11.3 Å². The zero-order chi connectivity index (χ0) is 20.8. The molecule has 1 fully saturated rings. The number of aryl methyl sites for hydroxylation is 1. The van der Waals surface area contributed by atoms with Gasteiger partial charge in [-0.05, 0) is 24.6 Å². The Balaban J connectivity index is 1.49. The van der Waals surface area contributed by atoms with Crippen molar-refractivity contribution in [1.82, 2.24) is 20.1 Å². The molecule has 152 valence electrons. The van der Waals surface area contributed by atoms with Gasteiger partial charge in [0.05, 0.1) is 18.2 Å². The predicted octanol–water partition coefficient (Wildman–Crippen LogP) is 1.51. The Morgan fingerprint density at radius 3 is 2.45 bits per heavy atom. The highest BCUT2D eigenvalue weighted by molar-refractivity contribution is 6.35. The lowest BCUT2D eigenvalue weighted by Gasteiger charge is -2.34. The summed E-state index contributed by atoms with van der Waals surface area (Å²) in [4.78, 5) is 44.5. The van der Waals surface area contributed by atoms with Gasteiger partial charge in [0, 0.05) is 32.4 Å². The molecule has 1 aliphatic heterocycles. The molecule has 1 aliphatic rings. The van der Waals surface area contributed by atoms with Crippen LogP contribution in [0.25, 0.3) is 0 Å². The van der Waals surface area contributed by atoms with Gasteiger partial charge in [-0.15, -0.1) is 0 Å². The summed E-state index contributed by atoms with van der Waals surface area (Å²) in [5.41, 5.74) is 2.93. The first kappa shape index (κ1) is 20.5. The number of nitrogens with zero attached hydrogens (tertiary/aromatic N) is 3. The van der Waals surface area contributed by atoms with Crippen molar-refractivity contribution >= 4 is 17.7 Å². The molecule has 1 aromatic heterocycles. The summed E-state index contributed by atoms with van der Waals surface area (Å²) in [7, 11) is 0. The SMILES string of the molecule is Cc1ccc(CNC(=O)[C@H](C)CN2CCN(Cc3ccccn3)C(=O)C2=O)cc1. The van der Waals surface area contributed by atoms with Gasteiger partial charge in [0.2, 0.25) is 5.91 Å². The third-order valence-corrected chi connectivity index (χ3v) is 5.01. The van der Waals surface area contributed by atoms with E-state index < -0.39 is 17.7 Å². The maximum absolute atomic E-state index is 12.5. The zero-order valence-corrected chi connectivity index (χ0v) is 16.8. The number of piperazine rings is 1. The number of carbonyl (C=O) groups is 3. The quantitative estimate of drug-likeness (QED) is 0.722. The molecule has 29 heavy (non-hydrogen) atoms. The number of carbonyl (C=O) groups excluding carboxylic acids is 3. The molecule has 7 nitrogen and oxygen atoms in total.